The molecule has 0 saturated carbocycles. The minimum atomic E-state index is 0.505. The van der Waals surface area contributed by atoms with Crippen molar-refractivity contribution in [3.63, 3.8) is 0 Å². The number of fused-ring (bicyclic) bond motifs is 2. The fourth-order valence-corrected chi connectivity index (χ4v) is 3.50. The van der Waals surface area contributed by atoms with E-state index in [1.54, 1.807) is 0 Å². The van der Waals surface area contributed by atoms with Crippen LogP contribution < -0.4 is 0 Å². The van der Waals surface area contributed by atoms with Crippen LogP contribution in [0.1, 0.15) is 58.8 Å². The topological polar surface area (TPSA) is 20.3 Å². The molecule has 2 saturated heterocycles. The predicted molar refractivity (Wildman–Crippen MR) is 61.9 cm³/mol. The van der Waals surface area contributed by atoms with Crippen LogP contribution in [0.25, 0.3) is 0 Å². The number of carbonyl (C=O) groups excluding carboxylic acids is 1. The largest absolute Gasteiger partial charge is 0.300 e. The summed E-state index contributed by atoms with van der Waals surface area (Å²) < 4.78 is 0. The number of Topliss-reactive ketones (excluding diaryl/α,β-unsaturated/α-hetero) is 1. The van der Waals surface area contributed by atoms with Gasteiger partial charge in [0, 0.05) is 31.0 Å². The lowest BCUT2D eigenvalue weighted by molar-refractivity contribution is -0.124. The second-order valence-electron chi connectivity index (χ2n) is 5.13. The van der Waals surface area contributed by atoms with Crippen LogP contribution >= 0.6 is 0 Å². The quantitative estimate of drug-likeness (QED) is 0.709. The third kappa shape index (κ3) is 2.10. The maximum absolute atomic E-state index is 11.5. The summed E-state index contributed by atoms with van der Waals surface area (Å²) in [5.41, 5.74) is 0. The van der Waals surface area contributed by atoms with Gasteiger partial charge in [0.15, 0.2) is 0 Å². The molecule has 0 aromatic rings. The van der Waals surface area contributed by atoms with Crippen molar-refractivity contribution in [1.82, 2.24) is 4.90 Å². The highest BCUT2D eigenvalue weighted by molar-refractivity contribution is 5.81. The molecule has 0 aliphatic carbocycles. The average molecular weight is 209 g/mol. The molecule has 0 aromatic carbocycles. The van der Waals surface area contributed by atoms with E-state index >= 15 is 0 Å². The minimum Gasteiger partial charge on any atom is -0.300 e. The molecule has 3 unspecified atom stereocenters. The van der Waals surface area contributed by atoms with Crippen molar-refractivity contribution in [2.24, 2.45) is 0 Å². The van der Waals surface area contributed by atoms with Gasteiger partial charge in [-0.15, -0.1) is 0 Å². The van der Waals surface area contributed by atoms with Gasteiger partial charge in [0.25, 0.3) is 0 Å². The van der Waals surface area contributed by atoms with Gasteiger partial charge in [-0.25, -0.2) is 0 Å². The first-order chi connectivity index (χ1) is 7.26. The van der Waals surface area contributed by atoms with E-state index in [4.69, 9.17) is 0 Å². The van der Waals surface area contributed by atoms with Crippen LogP contribution in [-0.4, -0.2) is 28.8 Å². The molecule has 2 heteroatoms. The molecule has 0 amide bonds. The van der Waals surface area contributed by atoms with E-state index in [0.29, 0.717) is 17.9 Å². The van der Waals surface area contributed by atoms with Crippen LogP contribution in [0.2, 0.25) is 0 Å². The van der Waals surface area contributed by atoms with E-state index in [1.807, 2.05) is 0 Å². The van der Waals surface area contributed by atoms with Gasteiger partial charge in [-0.2, -0.15) is 0 Å². The first-order valence-electron chi connectivity index (χ1n) is 6.55. The first kappa shape index (κ1) is 11.1. The normalized spacial score (nSPS) is 33.3. The fourth-order valence-electron chi connectivity index (χ4n) is 3.50. The summed E-state index contributed by atoms with van der Waals surface area (Å²) in [4.78, 5) is 14.2. The molecule has 2 fully saturated rings. The van der Waals surface area contributed by atoms with Gasteiger partial charge >= 0.3 is 0 Å². The summed E-state index contributed by atoms with van der Waals surface area (Å²) in [6.45, 7) is 4.55. The smallest absolute Gasteiger partial charge is 0.136 e. The molecule has 0 radical (unpaired) electrons. The first-order valence-corrected chi connectivity index (χ1v) is 6.55. The zero-order valence-corrected chi connectivity index (χ0v) is 10.0. The van der Waals surface area contributed by atoms with Gasteiger partial charge < -0.3 is 0 Å². The van der Waals surface area contributed by atoms with Crippen molar-refractivity contribution in [2.45, 2.75) is 76.9 Å². The highest BCUT2D eigenvalue weighted by Gasteiger charge is 2.42. The molecule has 2 nitrogen and oxygen atoms in total. The summed E-state index contributed by atoms with van der Waals surface area (Å²) in [5, 5.41) is 0. The van der Waals surface area contributed by atoms with Crippen molar-refractivity contribution in [3.05, 3.63) is 0 Å². The Hall–Kier alpha value is -0.370. The summed E-state index contributed by atoms with van der Waals surface area (Å²) in [6.07, 6.45) is 8.00. The monoisotopic (exact) mass is 209 g/mol. The van der Waals surface area contributed by atoms with E-state index in [9.17, 15) is 4.79 Å². The number of hydrogen-bond donors (Lipinski definition) is 0. The molecule has 86 valence electrons. The highest BCUT2D eigenvalue weighted by Crippen LogP contribution is 2.37. The number of carbonyl (C=O) groups is 1. The lowest BCUT2D eigenvalue weighted by Gasteiger charge is -2.40. The second-order valence-corrected chi connectivity index (χ2v) is 5.13. The molecule has 15 heavy (non-hydrogen) atoms. The number of nitrogens with zero attached hydrogens (tertiary/aromatic N) is 1. The van der Waals surface area contributed by atoms with Gasteiger partial charge in [-0.3, -0.25) is 9.69 Å². The van der Waals surface area contributed by atoms with E-state index in [2.05, 4.69) is 18.7 Å². The molecule has 0 N–H and O–H groups in total. The Balaban J connectivity index is 2.05. The Labute approximate surface area is 93.0 Å². The second kappa shape index (κ2) is 4.65. The van der Waals surface area contributed by atoms with Gasteiger partial charge in [0.2, 0.25) is 0 Å². The number of hydrogen-bond acceptors (Lipinski definition) is 2. The maximum atomic E-state index is 11.5. The standard InChI is InChI=1S/C13H23NO/c1-3-5-10(4-2)14-11-6-7-12(14)9-13(15)8-11/h10-12H,3-9H2,1-2H3. The Morgan fingerprint density at radius 2 is 1.87 bits per heavy atom. The summed E-state index contributed by atoms with van der Waals surface area (Å²) >= 11 is 0. The van der Waals surface area contributed by atoms with Crippen molar-refractivity contribution >= 4 is 5.78 Å². The lowest BCUT2D eigenvalue weighted by Crippen LogP contribution is -2.48. The summed E-state index contributed by atoms with van der Waals surface area (Å²) in [5.74, 6) is 0.505. The van der Waals surface area contributed by atoms with Crippen LogP contribution in [0.15, 0.2) is 0 Å². The fraction of sp³-hybridized carbons (Fsp3) is 0.923. The van der Waals surface area contributed by atoms with Crippen molar-refractivity contribution in [2.75, 3.05) is 0 Å². The molecule has 3 atom stereocenters. The van der Waals surface area contributed by atoms with E-state index in [0.717, 1.165) is 18.9 Å². The Morgan fingerprint density at radius 3 is 2.33 bits per heavy atom. The maximum Gasteiger partial charge on any atom is 0.136 e. The van der Waals surface area contributed by atoms with Gasteiger partial charge in [0.05, 0.1) is 0 Å². The third-order valence-electron chi connectivity index (χ3n) is 4.12. The Morgan fingerprint density at radius 1 is 1.27 bits per heavy atom. The van der Waals surface area contributed by atoms with Crippen molar-refractivity contribution in [3.8, 4) is 0 Å². The summed E-state index contributed by atoms with van der Waals surface area (Å²) in [6, 6.07) is 1.92. The van der Waals surface area contributed by atoms with E-state index in [1.165, 1.54) is 32.1 Å². The zero-order chi connectivity index (χ0) is 10.8. The van der Waals surface area contributed by atoms with Crippen LogP contribution in [0.5, 0.6) is 0 Å². The third-order valence-corrected chi connectivity index (χ3v) is 4.12. The van der Waals surface area contributed by atoms with E-state index in [-0.39, 0.29) is 0 Å². The molecule has 0 spiro atoms. The van der Waals surface area contributed by atoms with Crippen molar-refractivity contribution < 1.29 is 4.79 Å². The average Bonchev–Trinajstić information content (AvgIpc) is 2.47. The van der Waals surface area contributed by atoms with E-state index < -0.39 is 0 Å². The van der Waals surface area contributed by atoms with Crippen LogP contribution in [0.3, 0.4) is 0 Å². The predicted octanol–water partition coefficient (Wildman–Crippen LogP) is 2.76. The van der Waals surface area contributed by atoms with Crippen LogP contribution in [0.4, 0.5) is 0 Å². The Bertz CT molecular complexity index is 223. The molecule has 2 heterocycles. The molecule has 2 aliphatic rings. The number of piperidine rings is 1. The lowest BCUT2D eigenvalue weighted by atomic mass is 9.96. The molecular formula is C13H23NO. The van der Waals surface area contributed by atoms with Crippen LogP contribution in [0, 0.1) is 0 Å². The van der Waals surface area contributed by atoms with Crippen molar-refractivity contribution in [1.29, 1.82) is 0 Å². The highest BCUT2D eigenvalue weighted by atomic mass is 16.1. The summed E-state index contributed by atoms with van der Waals surface area (Å²) in [7, 11) is 0. The molecular weight excluding hydrogens is 186 g/mol. The Kier molecular flexibility index (Phi) is 3.45. The molecule has 2 aliphatic heterocycles. The molecule has 2 rings (SSSR count). The number of ketones is 1. The van der Waals surface area contributed by atoms with Gasteiger partial charge in [0.1, 0.15) is 5.78 Å². The SMILES string of the molecule is CCCC(CC)N1C2CCC1CC(=O)C2. The van der Waals surface area contributed by atoms with Crippen LogP contribution in [-0.2, 0) is 4.79 Å². The van der Waals surface area contributed by atoms with Gasteiger partial charge in [-0.1, -0.05) is 20.3 Å². The molecule has 0 aromatic heterocycles. The molecule has 2 bridgehead atoms. The minimum absolute atomic E-state index is 0.505. The van der Waals surface area contributed by atoms with Gasteiger partial charge in [-0.05, 0) is 25.7 Å². The number of rotatable bonds is 4. The zero-order valence-electron chi connectivity index (χ0n) is 10.0.